The summed E-state index contributed by atoms with van der Waals surface area (Å²) in [5.74, 6) is -0.0736. The van der Waals surface area contributed by atoms with Crippen LogP contribution in [0, 0.1) is 11.8 Å². The van der Waals surface area contributed by atoms with E-state index in [0.717, 1.165) is 23.5 Å². The first-order valence-electron chi connectivity index (χ1n) is 20.2. The van der Waals surface area contributed by atoms with Gasteiger partial charge in [-0.25, -0.2) is 24.7 Å². The van der Waals surface area contributed by atoms with E-state index in [-0.39, 0.29) is 30.6 Å². The van der Waals surface area contributed by atoms with E-state index in [0.29, 0.717) is 54.1 Å². The fourth-order valence-electron chi connectivity index (χ4n) is 6.64. The van der Waals surface area contributed by atoms with Crippen molar-refractivity contribution >= 4 is 6.09 Å². The first-order valence-corrected chi connectivity index (χ1v) is 20.2. The summed E-state index contributed by atoms with van der Waals surface area (Å²) in [6.07, 6.45) is -4.70. The average molecular weight is 863 g/mol. The van der Waals surface area contributed by atoms with Gasteiger partial charge in [0.15, 0.2) is 0 Å². The SMILES string of the molecule is CCc1cc(-c2ccc(OC[C@@](C)(N)CC(C)C)c(C(F)(F)F)c2)ncn1.CCc1cc(-c2ccc(OC[C@](C)(CC(C)C)NC(=O)OC(C)(C)C)c(C(F)(F)F)c2)ncn1. The molecule has 61 heavy (non-hydrogen) atoms. The number of alkyl halides is 6. The fourth-order valence-corrected chi connectivity index (χ4v) is 6.64. The lowest BCUT2D eigenvalue weighted by molar-refractivity contribution is -0.139. The standard InChI is InChI=1S/C25H34F3N3O3.C20H26F3N3O/c1-8-18-12-20(30-15-29-18)17-9-10-21(19(11-17)25(26,27)28)33-14-24(7,13-16(2)3)31-22(32)34-23(4,5)6;1-5-15-9-17(26-12-25-15)14-6-7-18(16(8-14)20(21,22)23)27-11-19(4,24)10-13(2)3/h9-12,15-16H,8,13-14H2,1-7H3,(H,31,32);6-9,12-13H,5,10-11,24H2,1-4H3/t24-;19-/m00/s1. The van der Waals surface area contributed by atoms with Crippen LogP contribution in [0.2, 0.25) is 0 Å². The largest absolute Gasteiger partial charge is 0.491 e. The molecule has 0 saturated carbocycles. The van der Waals surface area contributed by atoms with Crippen LogP contribution in [0.1, 0.15) is 112 Å². The summed E-state index contributed by atoms with van der Waals surface area (Å²) in [6.45, 7) is 20.3. The number of nitrogens with two attached hydrogens (primary N) is 1. The summed E-state index contributed by atoms with van der Waals surface area (Å²) in [5, 5.41) is 2.78. The molecule has 0 unspecified atom stereocenters. The minimum atomic E-state index is -4.64. The van der Waals surface area contributed by atoms with Gasteiger partial charge in [0.05, 0.1) is 28.1 Å². The molecular formula is C45H60F6N6O4. The molecule has 2 heterocycles. The topological polar surface area (TPSA) is 134 Å². The zero-order valence-electron chi connectivity index (χ0n) is 36.9. The molecule has 2 atom stereocenters. The number of halogens is 6. The number of nitrogens with one attached hydrogen (secondary N) is 1. The van der Waals surface area contributed by atoms with Gasteiger partial charge in [-0.15, -0.1) is 0 Å². The Hall–Kier alpha value is -4.99. The first-order chi connectivity index (χ1) is 28.1. The van der Waals surface area contributed by atoms with Crippen LogP contribution in [0.3, 0.4) is 0 Å². The van der Waals surface area contributed by atoms with Crippen LogP contribution in [-0.2, 0) is 29.9 Å². The highest BCUT2D eigenvalue weighted by molar-refractivity contribution is 5.69. The molecule has 1 amide bonds. The van der Waals surface area contributed by atoms with Gasteiger partial charge in [0.1, 0.15) is 43.0 Å². The van der Waals surface area contributed by atoms with Crippen LogP contribution in [-0.4, -0.2) is 55.9 Å². The number of ether oxygens (including phenoxy) is 3. The van der Waals surface area contributed by atoms with Gasteiger partial charge in [-0.2, -0.15) is 26.3 Å². The van der Waals surface area contributed by atoms with E-state index in [1.165, 1.54) is 30.9 Å². The molecule has 0 saturated heterocycles. The Bertz CT molecular complexity index is 2050. The number of amides is 1. The van der Waals surface area contributed by atoms with E-state index < -0.39 is 46.3 Å². The van der Waals surface area contributed by atoms with Crippen molar-refractivity contribution < 1.29 is 45.3 Å². The zero-order valence-corrected chi connectivity index (χ0v) is 36.9. The molecule has 2 aromatic carbocycles. The number of aryl methyl sites for hydroxylation is 2. The summed E-state index contributed by atoms with van der Waals surface area (Å²) in [4.78, 5) is 28.7. The third-order valence-electron chi connectivity index (χ3n) is 8.97. The van der Waals surface area contributed by atoms with Gasteiger partial charge in [0.25, 0.3) is 0 Å². The number of carbonyl (C=O) groups is 1. The third kappa shape index (κ3) is 16.4. The van der Waals surface area contributed by atoms with Crippen LogP contribution in [0.5, 0.6) is 11.5 Å². The van der Waals surface area contributed by atoms with Gasteiger partial charge in [0, 0.05) is 28.1 Å². The molecule has 0 aliphatic carbocycles. The van der Waals surface area contributed by atoms with Crippen LogP contribution in [0.25, 0.3) is 22.5 Å². The van der Waals surface area contributed by atoms with E-state index in [2.05, 4.69) is 25.3 Å². The Kier molecular flexibility index (Phi) is 17.1. The minimum Gasteiger partial charge on any atom is -0.491 e. The van der Waals surface area contributed by atoms with E-state index in [1.807, 2.05) is 41.5 Å². The van der Waals surface area contributed by atoms with Crippen LogP contribution in [0.4, 0.5) is 31.1 Å². The Morgan fingerprint density at radius 2 is 1.08 bits per heavy atom. The molecule has 2 aromatic heterocycles. The van der Waals surface area contributed by atoms with Crippen molar-refractivity contribution in [3.8, 4) is 34.0 Å². The third-order valence-corrected chi connectivity index (χ3v) is 8.97. The van der Waals surface area contributed by atoms with Crippen molar-refractivity contribution in [1.82, 2.24) is 25.3 Å². The lowest BCUT2D eigenvalue weighted by atomic mass is 9.91. The first kappa shape index (κ1) is 50.4. The van der Waals surface area contributed by atoms with E-state index in [4.69, 9.17) is 19.9 Å². The maximum Gasteiger partial charge on any atom is 0.419 e. The summed E-state index contributed by atoms with van der Waals surface area (Å²) in [6, 6.07) is 11.2. The second-order valence-electron chi connectivity index (χ2n) is 17.5. The fraction of sp³-hybridized carbons (Fsp3) is 0.533. The highest BCUT2D eigenvalue weighted by Gasteiger charge is 2.38. The molecule has 3 N–H and O–H groups in total. The molecule has 10 nitrogen and oxygen atoms in total. The van der Waals surface area contributed by atoms with Crippen molar-refractivity contribution in [2.24, 2.45) is 17.6 Å². The molecule has 0 aliphatic rings. The lowest BCUT2D eigenvalue weighted by Gasteiger charge is -2.33. The summed E-state index contributed by atoms with van der Waals surface area (Å²) in [7, 11) is 0. The van der Waals surface area contributed by atoms with Gasteiger partial charge in [-0.05, 0) is 121 Å². The maximum absolute atomic E-state index is 13.9. The van der Waals surface area contributed by atoms with Gasteiger partial charge in [0.2, 0.25) is 0 Å². The zero-order chi connectivity index (χ0) is 46.0. The van der Waals surface area contributed by atoms with E-state index in [1.54, 1.807) is 52.8 Å². The van der Waals surface area contributed by atoms with Crippen molar-refractivity contribution in [2.75, 3.05) is 13.2 Å². The molecule has 336 valence electrons. The number of hydrogen-bond donors (Lipinski definition) is 2. The average Bonchev–Trinajstić information content (AvgIpc) is 3.14. The van der Waals surface area contributed by atoms with Gasteiger partial charge >= 0.3 is 18.4 Å². The Labute approximate surface area is 355 Å². The Balaban J connectivity index is 0.000000334. The second-order valence-corrected chi connectivity index (χ2v) is 17.5. The molecule has 0 bridgehead atoms. The quantitative estimate of drug-likeness (QED) is 0.112. The van der Waals surface area contributed by atoms with E-state index >= 15 is 0 Å². The molecule has 0 spiro atoms. The number of alkyl carbamates (subject to hydrolysis) is 1. The summed E-state index contributed by atoms with van der Waals surface area (Å²) >= 11 is 0. The highest BCUT2D eigenvalue weighted by Crippen LogP contribution is 2.40. The van der Waals surface area contributed by atoms with E-state index in [9.17, 15) is 31.1 Å². The van der Waals surface area contributed by atoms with Crippen molar-refractivity contribution in [3.63, 3.8) is 0 Å². The summed E-state index contributed by atoms with van der Waals surface area (Å²) in [5.41, 5.74) is 5.07. The van der Waals surface area contributed by atoms with Gasteiger partial charge in [-0.3, -0.25) is 0 Å². The molecular weight excluding hydrogens is 803 g/mol. The molecule has 0 fully saturated rings. The van der Waals surface area contributed by atoms with Crippen molar-refractivity contribution in [3.05, 3.63) is 83.7 Å². The number of rotatable bonds is 15. The Morgan fingerprint density at radius 3 is 1.46 bits per heavy atom. The number of benzene rings is 2. The van der Waals surface area contributed by atoms with Crippen LogP contribution in [0.15, 0.2) is 61.2 Å². The maximum atomic E-state index is 13.9. The number of aromatic nitrogens is 4. The van der Waals surface area contributed by atoms with Crippen molar-refractivity contribution in [1.29, 1.82) is 0 Å². The second kappa shape index (κ2) is 20.7. The number of carbonyl (C=O) groups excluding carboxylic acids is 1. The molecule has 4 aromatic rings. The molecule has 16 heteroatoms. The predicted molar refractivity (Wildman–Crippen MR) is 224 cm³/mol. The molecule has 4 rings (SSSR count). The van der Waals surface area contributed by atoms with Gasteiger partial charge in [-0.1, -0.05) is 41.5 Å². The normalized spacial score (nSPS) is 14.1. The monoisotopic (exact) mass is 862 g/mol. The van der Waals surface area contributed by atoms with Crippen LogP contribution >= 0.6 is 0 Å². The molecule has 0 radical (unpaired) electrons. The van der Waals surface area contributed by atoms with Crippen LogP contribution < -0.4 is 20.5 Å². The highest BCUT2D eigenvalue weighted by atomic mass is 19.4. The lowest BCUT2D eigenvalue weighted by Crippen LogP contribution is -2.52. The van der Waals surface area contributed by atoms with Crippen molar-refractivity contribution in [2.45, 2.75) is 131 Å². The number of nitrogens with zero attached hydrogens (tertiary/aromatic N) is 4. The van der Waals surface area contributed by atoms with Gasteiger partial charge < -0.3 is 25.3 Å². The number of hydrogen-bond acceptors (Lipinski definition) is 9. The molecule has 0 aliphatic heterocycles. The smallest absolute Gasteiger partial charge is 0.419 e. The predicted octanol–water partition coefficient (Wildman–Crippen LogP) is 11.3. The minimum absolute atomic E-state index is 0.00109. The summed E-state index contributed by atoms with van der Waals surface area (Å²) < 4.78 is 99.0. The Morgan fingerprint density at radius 1 is 0.656 bits per heavy atom.